The van der Waals surface area contributed by atoms with Crippen LogP contribution in [0.1, 0.15) is 51.9 Å². The number of rotatable bonds is 4. The second-order valence-electron chi connectivity index (χ2n) is 7.40. The quantitative estimate of drug-likeness (QED) is 0.739. The zero-order chi connectivity index (χ0) is 13.9. The molecule has 20 heavy (non-hydrogen) atoms. The van der Waals surface area contributed by atoms with Gasteiger partial charge in [-0.3, -0.25) is 0 Å². The molecule has 2 aliphatic carbocycles. The van der Waals surface area contributed by atoms with Crippen molar-refractivity contribution in [2.45, 2.75) is 64.0 Å². The summed E-state index contributed by atoms with van der Waals surface area (Å²) < 4.78 is 0. The Hall–Kier alpha value is -0.120. The maximum atomic E-state index is 9.19. The van der Waals surface area contributed by atoms with Gasteiger partial charge in [0.2, 0.25) is 0 Å². The normalized spacial score (nSPS) is 42.6. The van der Waals surface area contributed by atoms with Crippen LogP contribution in [0, 0.1) is 23.7 Å². The molecule has 3 heteroatoms. The topological polar surface area (TPSA) is 44.3 Å². The molecule has 116 valence electrons. The third kappa shape index (κ3) is 3.20. The minimum Gasteiger partial charge on any atom is -0.395 e. The van der Waals surface area contributed by atoms with Gasteiger partial charge in [0.15, 0.2) is 0 Å². The summed E-state index contributed by atoms with van der Waals surface area (Å²) in [6.07, 6.45) is 10.1. The highest BCUT2D eigenvalue weighted by Crippen LogP contribution is 2.58. The predicted octanol–water partition coefficient (Wildman–Crippen LogP) is 2.15. The highest BCUT2D eigenvalue weighted by atomic mass is 16.3. The van der Waals surface area contributed by atoms with Gasteiger partial charge in [-0.2, -0.15) is 0 Å². The Labute approximate surface area is 123 Å². The summed E-state index contributed by atoms with van der Waals surface area (Å²) in [6, 6.07) is 0.851. The molecule has 0 spiro atoms. The number of aliphatic hydroxyl groups is 1. The largest absolute Gasteiger partial charge is 0.395 e. The van der Waals surface area contributed by atoms with Crippen molar-refractivity contribution >= 4 is 0 Å². The fourth-order valence-electron chi connectivity index (χ4n) is 4.90. The first kappa shape index (κ1) is 14.8. The van der Waals surface area contributed by atoms with E-state index in [-0.39, 0.29) is 12.6 Å². The highest BCUT2D eigenvalue weighted by molar-refractivity contribution is 5.05. The lowest BCUT2D eigenvalue weighted by molar-refractivity contribution is 0.231. The van der Waals surface area contributed by atoms with E-state index >= 15 is 0 Å². The number of nitrogens with one attached hydrogen (secondary N) is 2. The Balaban J connectivity index is 1.63. The SMILES string of the molecule is C[C@@H](CO)NCC1NCCC2C3CCCCCCC1C32. The van der Waals surface area contributed by atoms with Gasteiger partial charge in [-0.1, -0.05) is 25.7 Å². The molecule has 3 rings (SSSR count). The molecule has 2 saturated carbocycles. The molecule has 0 radical (unpaired) electrons. The van der Waals surface area contributed by atoms with E-state index in [0.717, 1.165) is 30.2 Å². The van der Waals surface area contributed by atoms with E-state index in [9.17, 15) is 5.11 Å². The van der Waals surface area contributed by atoms with Gasteiger partial charge in [-0.05, 0) is 56.4 Å². The van der Waals surface area contributed by atoms with Crippen LogP contribution in [0.3, 0.4) is 0 Å². The van der Waals surface area contributed by atoms with E-state index in [1.165, 1.54) is 51.5 Å². The summed E-state index contributed by atoms with van der Waals surface area (Å²) in [5.74, 6) is 3.98. The Kier molecular flexibility index (Phi) is 5.00. The minimum absolute atomic E-state index is 0.224. The summed E-state index contributed by atoms with van der Waals surface area (Å²) in [5.41, 5.74) is 0. The van der Waals surface area contributed by atoms with Crippen molar-refractivity contribution in [2.75, 3.05) is 19.7 Å². The molecule has 0 aromatic carbocycles. The van der Waals surface area contributed by atoms with Crippen LogP contribution in [-0.4, -0.2) is 36.9 Å². The molecule has 0 amide bonds. The lowest BCUT2D eigenvalue weighted by atomic mass is 9.88. The Bertz CT molecular complexity index is 309. The zero-order valence-corrected chi connectivity index (χ0v) is 13.0. The van der Waals surface area contributed by atoms with Gasteiger partial charge in [0.05, 0.1) is 6.61 Å². The molecular formula is C17H32N2O. The third-order valence-electron chi connectivity index (χ3n) is 6.08. The third-order valence-corrected chi connectivity index (χ3v) is 6.08. The number of aliphatic hydroxyl groups excluding tert-OH is 1. The van der Waals surface area contributed by atoms with Crippen molar-refractivity contribution in [3.63, 3.8) is 0 Å². The monoisotopic (exact) mass is 280 g/mol. The van der Waals surface area contributed by atoms with E-state index in [1.54, 1.807) is 0 Å². The van der Waals surface area contributed by atoms with Gasteiger partial charge in [-0.15, -0.1) is 0 Å². The first-order valence-corrected chi connectivity index (χ1v) is 8.89. The highest BCUT2D eigenvalue weighted by Gasteiger charge is 2.55. The maximum Gasteiger partial charge on any atom is 0.0581 e. The summed E-state index contributed by atoms with van der Waals surface area (Å²) in [4.78, 5) is 0. The molecule has 3 fully saturated rings. The number of hydrogen-bond acceptors (Lipinski definition) is 3. The van der Waals surface area contributed by atoms with E-state index < -0.39 is 0 Å². The van der Waals surface area contributed by atoms with Gasteiger partial charge in [0.25, 0.3) is 0 Å². The number of fused-ring (bicyclic) bond motifs is 1. The molecule has 3 aliphatic rings. The van der Waals surface area contributed by atoms with Crippen LogP contribution in [0.15, 0.2) is 0 Å². The molecule has 5 unspecified atom stereocenters. The minimum atomic E-state index is 0.224. The average Bonchev–Trinajstić information content (AvgIpc) is 3.14. The van der Waals surface area contributed by atoms with Crippen molar-refractivity contribution in [2.24, 2.45) is 23.7 Å². The van der Waals surface area contributed by atoms with Crippen LogP contribution in [-0.2, 0) is 0 Å². The van der Waals surface area contributed by atoms with E-state index in [2.05, 4.69) is 17.6 Å². The van der Waals surface area contributed by atoms with Crippen LogP contribution in [0.4, 0.5) is 0 Å². The molecule has 0 bridgehead atoms. The summed E-state index contributed by atoms with van der Waals surface area (Å²) in [6.45, 7) is 4.55. The lowest BCUT2D eigenvalue weighted by Crippen LogP contribution is -2.47. The molecular weight excluding hydrogens is 248 g/mol. The second-order valence-corrected chi connectivity index (χ2v) is 7.40. The van der Waals surface area contributed by atoms with Crippen LogP contribution in [0.5, 0.6) is 0 Å². The molecule has 3 N–H and O–H groups in total. The first-order valence-electron chi connectivity index (χ1n) is 8.89. The van der Waals surface area contributed by atoms with Gasteiger partial charge in [0.1, 0.15) is 0 Å². The van der Waals surface area contributed by atoms with E-state index in [4.69, 9.17) is 0 Å². The summed E-state index contributed by atoms with van der Waals surface area (Å²) >= 11 is 0. The fraction of sp³-hybridized carbons (Fsp3) is 1.00. The van der Waals surface area contributed by atoms with E-state index in [1.807, 2.05) is 0 Å². The van der Waals surface area contributed by atoms with Crippen LogP contribution in [0.2, 0.25) is 0 Å². The Morgan fingerprint density at radius 2 is 1.75 bits per heavy atom. The van der Waals surface area contributed by atoms with Crippen molar-refractivity contribution in [3.05, 3.63) is 0 Å². The predicted molar refractivity (Wildman–Crippen MR) is 82.6 cm³/mol. The van der Waals surface area contributed by atoms with Crippen molar-refractivity contribution in [1.29, 1.82) is 0 Å². The lowest BCUT2D eigenvalue weighted by Gasteiger charge is -2.29. The molecule has 0 aromatic heterocycles. The fourth-order valence-corrected chi connectivity index (χ4v) is 4.90. The zero-order valence-electron chi connectivity index (χ0n) is 13.0. The van der Waals surface area contributed by atoms with Crippen molar-refractivity contribution < 1.29 is 5.11 Å². The van der Waals surface area contributed by atoms with Crippen LogP contribution in [0.25, 0.3) is 0 Å². The van der Waals surface area contributed by atoms with Gasteiger partial charge >= 0.3 is 0 Å². The average molecular weight is 280 g/mol. The molecule has 6 atom stereocenters. The van der Waals surface area contributed by atoms with Crippen molar-refractivity contribution in [3.8, 4) is 0 Å². The van der Waals surface area contributed by atoms with Gasteiger partial charge < -0.3 is 15.7 Å². The molecule has 0 aromatic rings. The van der Waals surface area contributed by atoms with Gasteiger partial charge in [-0.25, -0.2) is 0 Å². The molecule has 1 saturated heterocycles. The van der Waals surface area contributed by atoms with Gasteiger partial charge in [0, 0.05) is 18.6 Å². The first-order chi connectivity index (χ1) is 9.81. The second kappa shape index (κ2) is 6.76. The molecule has 1 heterocycles. The smallest absolute Gasteiger partial charge is 0.0581 e. The standard InChI is InChI=1S/C17H32N2O/c1-12(11-20)19-10-16-15-7-5-3-2-4-6-13-14(17(13)15)8-9-18-16/h12-20H,2-11H2,1H3/t12-,13?,14?,15?,16?,17?/m0/s1. The summed E-state index contributed by atoms with van der Waals surface area (Å²) in [7, 11) is 0. The Morgan fingerprint density at radius 1 is 1.05 bits per heavy atom. The summed E-state index contributed by atoms with van der Waals surface area (Å²) in [5, 5.41) is 16.5. The Morgan fingerprint density at radius 3 is 2.50 bits per heavy atom. The maximum absolute atomic E-state index is 9.19. The van der Waals surface area contributed by atoms with E-state index in [0.29, 0.717) is 6.04 Å². The van der Waals surface area contributed by atoms with Crippen LogP contribution < -0.4 is 10.6 Å². The molecule has 3 nitrogen and oxygen atoms in total. The van der Waals surface area contributed by atoms with Crippen LogP contribution >= 0.6 is 0 Å². The molecule has 1 aliphatic heterocycles. The number of hydrogen-bond donors (Lipinski definition) is 3. The van der Waals surface area contributed by atoms with Crippen molar-refractivity contribution in [1.82, 2.24) is 10.6 Å².